The predicted molar refractivity (Wildman–Crippen MR) is 117 cm³/mol. The lowest BCUT2D eigenvalue weighted by atomic mass is 9.76. The summed E-state index contributed by atoms with van der Waals surface area (Å²) in [6.07, 6.45) is 1.27. The van der Waals surface area contributed by atoms with Crippen molar-refractivity contribution in [1.29, 1.82) is 5.26 Å². The maximum atomic E-state index is 13.5. The van der Waals surface area contributed by atoms with Gasteiger partial charge in [0, 0.05) is 38.2 Å². The fraction of sp³-hybridized carbons (Fsp3) is 0.458. The molecular weight excluding hydrogens is 431 g/mol. The lowest BCUT2D eigenvalue weighted by Gasteiger charge is -2.39. The lowest BCUT2D eigenvalue weighted by Crippen LogP contribution is -2.42. The first kappa shape index (κ1) is 23.1. The van der Waals surface area contributed by atoms with Crippen molar-refractivity contribution in [1.82, 2.24) is 15.2 Å². The van der Waals surface area contributed by atoms with Crippen LogP contribution in [-0.2, 0) is 17.5 Å². The Hall–Kier alpha value is -3.12. The molecule has 0 aliphatic carbocycles. The number of likely N-dealkylation sites (N-methyl/N-ethyl adjacent to an activating group) is 1. The van der Waals surface area contributed by atoms with Crippen molar-refractivity contribution < 1.29 is 18.0 Å². The van der Waals surface area contributed by atoms with Gasteiger partial charge >= 0.3 is 6.18 Å². The van der Waals surface area contributed by atoms with Crippen molar-refractivity contribution in [3.05, 3.63) is 59.4 Å². The summed E-state index contributed by atoms with van der Waals surface area (Å²) in [5.74, 6) is -0.206. The Balaban J connectivity index is 1.55. The standard InChI is InChI=1S/C24H26F3N5O/c1-29-22(33)21-12-23(6-9-31(10-7-23)15-17-3-2-8-30-14-17)16-32(21)19-5-4-18(13-28)20(11-19)24(25,26)27/h2-5,8,11,14,21H,6-7,9-10,12,15-16H2,1H3,(H,29,33). The SMILES string of the molecule is CNC(=O)C1CC2(CCN(Cc3cccnc3)CC2)CN1c1ccc(C#N)c(C(F)(F)F)c1. The van der Waals surface area contributed by atoms with Crippen LogP contribution in [0.5, 0.6) is 0 Å². The van der Waals surface area contributed by atoms with Gasteiger partial charge < -0.3 is 10.2 Å². The molecule has 2 saturated heterocycles. The average Bonchev–Trinajstić information content (AvgIpc) is 3.19. The van der Waals surface area contributed by atoms with Gasteiger partial charge in [0.2, 0.25) is 5.91 Å². The molecule has 174 valence electrons. The Labute approximate surface area is 191 Å². The Morgan fingerprint density at radius 3 is 2.67 bits per heavy atom. The molecule has 1 N–H and O–H groups in total. The summed E-state index contributed by atoms with van der Waals surface area (Å²) in [6, 6.07) is 8.74. The van der Waals surface area contributed by atoms with E-state index in [-0.39, 0.29) is 11.3 Å². The average molecular weight is 458 g/mol. The number of likely N-dealkylation sites (tertiary alicyclic amines) is 1. The first-order valence-corrected chi connectivity index (χ1v) is 11.0. The monoisotopic (exact) mass is 457 g/mol. The molecule has 1 unspecified atom stereocenters. The minimum atomic E-state index is -4.64. The molecule has 2 aromatic rings. The van der Waals surface area contributed by atoms with Crippen LogP contribution in [0.1, 0.15) is 36.0 Å². The summed E-state index contributed by atoms with van der Waals surface area (Å²) in [4.78, 5) is 21.0. The van der Waals surface area contributed by atoms with Gasteiger partial charge in [0.25, 0.3) is 0 Å². The molecular formula is C24H26F3N5O. The van der Waals surface area contributed by atoms with E-state index in [1.54, 1.807) is 24.2 Å². The molecule has 2 fully saturated rings. The first-order valence-electron chi connectivity index (χ1n) is 11.0. The molecule has 3 heterocycles. The Kier molecular flexibility index (Phi) is 6.30. The van der Waals surface area contributed by atoms with Crippen LogP contribution in [0.15, 0.2) is 42.7 Å². The minimum Gasteiger partial charge on any atom is -0.359 e. The Morgan fingerprint density at radius 2 is 2.06 bits per heavy atom. The summed E-state index contributed by atoms with van der Waals surface area (Å²) >= 11 is 0. The fourth-order valence-electron chi connectivity index (χ4n) is 5.07. The third-order valence-electron chi connectivity index (χ3n) is 6.86. The number of nitrogens with one attached hydrogen (secondary N) is 1. The molecule has 0 bridgehead atoms. The zero-order valence-corrected chi connectivity index (χ0v) is 18.4. The molecule has 1 atom stereocenters. The Bertz CT molecular complexity index is 1040. The summed E-state index contributed by atoms with van der Waals surface area (Å²) in [5.41, 5.74) is -0.0631. The van der Waals surface area contributed by atoms with Crippen LogP contribution in [0.3, 0.4) is 0 Å². The number of hydrogen-bond donors (Lipinski definition) is 1. The van der Waals surface area contributed by atoms with Crippen molar-refractivity contribution in [2.75, 3.05) is 31.6 Å². The van der Waals surface area contributed by atoms with E-state index in [1.165, 1.54) is 12.1 Å². The number of nitrogens with zero attached hydrogens (tertiary/aromatic N) is 4. The molecule has 4 rings (SSSR count). The highest BCUT2D eigenvalue weighted by molar-refractivity contribution is 5.86. The van der Waals surface area contributed by atoms with Gasteiger partial charge in [-0.25, -0.2) is 0 Å². The highest BCUT2D eigenvalue weighted by atomic mass is 19.4. The number of carbonyl (C=O) groups is 1. The van der Waals surface area contributed by atoms with Gasteiger partial charge in [0.05, 0.1) is 17.2 Å². The summed E-state index contributed by atoms with van der Waals surface area (Å²) in [5, 5.41) is 11.8. The summed E-state index contributed by atoms with van der Waals surface area (Å²) in [6.45, 7) is 3.01. The first-order chi connectivity index (χ1) is 15.7. The van der Waals surface area contributed by atoms with Gasteiger partial charge in [-0.3, -0.25) is 14.7 Å². The fourth-order valence-corrected chi connectivity index (χ4v) is 5.07. The number of hydrogen-bond acceptors (Lipinski definition) is 5. The number of halogens is 3. The number of benzene rings is 1. The van der Waals surface area contributed by atoms with E-state index >= 15 is 0 Å². The molecule has 2 aliphatic rings. The van der Waals surface area contributed by atoms with Gasteiger partial charge in [0.15, 0.2) is 0 Å². The number of anilines is 1. The summed E-state index contributed by atoms with van der Waals surface area (Å²) in [7, 11) is 1.54. The highest BCUT2D eigenvalue weighted by Crippen LogP contribution is 2.46. The number of nitriles is 1. The third-order valence-corrected chi connectivity index (χ3v) is 6.86. The van der Waals surface area contributed by atoms with E-state index < -0.39 is 23.3 Å². The second-order valence-electron chi connectivity index (χ2n) is 8.94. The zero-order chi connectivity index (χ0) is 23.6. The molecule has 1 aromatic heterocycles. The van der Waals surface area contributed by atoms with E-state index in [9.17, 15) is 18.0 Å². The second-order valence-corrected chi connectivity index (χ2v) is 8.94. The number of rotatable bonds is 4. The molecule has 0 radical (unpaired) electrons. The molecule has 0 saturated carbocycles. The zero-order valence-electron chi connectivity index (χ0n) is 18.4. The molecule has 2 aliphatic heterocycles. The molecule has 1 amide bonds. The number of alkyl halides is 3. The van der Waals surface area contributed by atoms with E-state index in [4.69, 9.17) is 5.26 Å². The van der Waals surface area contributed by atoms with E-state index in [0.717, 1.165) is 44.1 Å². The quantitative estimate of drug-likeness (QED) is 0.760. The van der Waals surface area contributed by atoms with Crippen LogP contribution < -0.4 is 10.2 Å². The molecule has 1 aromatic carbocycles. The number of piperidine rings is 1. The maximum absolute atomic E-state index is 13.5. The van der Waals surface area contributed by atoms with Gasteiger partial charge in [-0.05, 0) is 67.6 Å². The number of amides is 1. The van der Waals surface area contributed by atoms with Crippen LogP contribution in [0.4, 0.5) is 18.9 Å². The smallest absolute Gasteiger partial charge is 0.359 e. The highest BCUT2D eigenvalue weighted by Gasteiger charge is 2.48. The van der Waals surface area contributed by atoms with Crippen LogP contribution in [-0.4, -0.2) is 48.5 Å². The summed E-state index contributed by atoms with van der Waals surface area (Å²) < 4.78 is 40.6. The molecule has 6 nitrogen and oxygen atoms in total. The minimum absolute atomic E-state index is 0.144. The number of aromatic nitrogens is 1. The van der Waals surface area contributed by atoms with Gasteiger partial charge in [-0.2, -0.15) is 18.4 Å². The largest absolute Gasteiger partial charge is 0.417 e. The molecule has 9 heteroatoms. The van der Waals surface area contributed by atoms with Gasteiger partial charge in [0.1, 0.15) is 6.04 Å². The third kappa shape index (κ3) is 4.81. The molecule has 1 spiro atoms. The predicted octanol–water partition coefficient (Wildman–Crippen LogP) is 3.58. The van der Waals surface area contributed by atoms with Gasteiger partial charge in [-0.15, -0.1) is 0 Å². The second kappa shape index (κ2) is 9.02. The van der Waals surface area contributed by atoms with Crippen molar-refractivity contribution in [3.63, 3.8) is 0 Å². The number of carbonyl (C=O) groups excluding carboxylic acids is 1. The van der Waals surface area contributed by atoms with Gasteiger partial charge in [-0.1, -0.05) is 6.07 Å². The Morgan fingerprint density at radius 1 is 1.30 bits per heavy atom. The lowest BCUT2D eigenvalue weighted by molar-refractivity contribution is -0.137. The maximum Gasteiger partial charge on any atom is 0.417 e. The topological polar surface area (TPSA) is 72.3 Å². The van der Waals surface area contributed by atoms with Crippen molar-refractivity contribution in [3.8, 4) is 6.07 Å². The van der Waals surface area contributed by atoms with Crippen molar-refractivity contribution in [2.24, 2.45) is 5.41 Å². The molecule has 33 heavy (non-hydrogen) atoms. The van der Waals surface area contributed by atoms with E-state index in [2.05, 4.69) is 15.2 Å². The van der Waals surface area contributed by atoms with E-state index in [0.29, 0.717) is 18.7 Å². The van der Waals surface area contributed by atoms with Crippen LogP contribution in [0, 0.1) is 16.7 Å². The van der Waals surface area contributed by atoms with Crippen molar-refractivity contribution in [2.45, 2.75) is 38.0 Å². The van der Waals surface area contributed by atoms with Crippen LogP contribution in [0.25, 0.3) is 0 Å². The normalized spacial score (nSPS) is 20.6. The van der Waals surface area contributed by atoms with E-state index in [1.807, 2.05) is 18.3 Å². The van der Waals surface area contributed by atoms with Crippen LogP contribution >= 0.6 is 0 Å². The number of pyridine rings is 1. The van der Waals surface area contributed by atoms with Crippen molar-refractivity contribution >= 4 is 11.6 Å². The van der Waals surface area contributed by atoms with Crippen LogP contribution in [0.2, 0.25) is 0 Å².